The summed E-state index contributed by atoms with van der Waals surface area (Å²) in [6.45, 7) is 3.07. The first kappa shape index (κ1) is 14.1. The third kappa shape index (κ3) is 3.10. The number of carboxylic acid groups (broad SMARTS) is 1. The summed E-state index contributed by atoms with van der Waals surface area (Å²) in [5, 5.41) is 13.4. The summed E-state index contributed by atoms with van der Waals surface area (Å²) >= 11 is 0. The lowest BCUT2D eigenvalue weighted by atomic mass is 9.99. The molecule has 1 aliphatic rings. The van der Waals surface area contributed by atoms with Crippen LogP contribution in [-0.2, 0) is 6.54 Å². The van der Waals surface area contributed by atoms with Crippen molar-refractivity contribution in [3.05, 3.63) is 35.6 Å². The number of aromatic carboxylic acids is 1. The van der Waals surface area contributed by atoms with Gasteiger partial charge in [0.2, 0.25) is 5.76 Å². The van der Waals surface area contributed by atoms with E-state index < -0.39 is 5.97 Å². The summed E-state index contributed by atoms with van der Waals surface area (Å²) in [6, 6.07) is 7.95. The van der Waals surface area contributed by atoms with E-state index in [0.717, 1.165) is 23.4 Å². The Labute approximate surface area is 124 Å². The zero-order chi connectivity index (χ0) is 14.8. The van der Waals surface area contributed by atoms with E-state index in [2.05, 4.69) is 12.2 Å². The molecule has 0 amide bonds. The summed E-state index contributed by atoms with van der Waals surface area (Å²) in [7, 11) is 0. The molecule has 4 heteroatoms. The van der Waals surface area contributed by atoms with Gasteiger partial charge >= 0.3 is 5.97 Å². The van der Waals surface area contributed by atoms with Gasteiger partial charge in [-0.15, -0.1) is 0 Å². The molecule has 0 aliphatic heterocycles. The summed E-state index contributed by atoms with van der Waals surface area (Å²) in [4.78, 5) is 10.9. The molecule has 1 atom stereocenters. The van der Waals surface area contributed by atoms with E-state index in [1.807, 2.05) is 18.2 Å². The van der Waals surface area contributed by atoms with Gasteiger partial charge in [-0.05, 0) is 49.4 Å². The zero-order valence-corrected chi connectivity index (χ0v) is 12.3. The van der Waals surface area contributed by atoms with Crippen LogP contribution in [0.1, 0.15) is 48.7 Å². The van der Waals surface area contributed by atoms with Crippen molar-refractivity contribution in [2.75, 3.05) is 0 Å². The molecule has 21 heavy (non-hydrogen) atoms. The number of carbonyl (C=O) groups is 1. The largest absolute Gasteiger partial charge is 0.475 e. The maximum Gasteiger partial charge on any atom is 0.371 e. The third-order valence-electron chi connectivity index (χ3n) is 4.53. The van der Waals surface area contributed by atoms with Crippen LogP contribution in [0.4, 0.5) is 0 Å². The van der Waals surface area contributed by atoms with Gasteiger partial charge in [-0.2, -0.15) is 0 Å². The van der Waals surface area contributed by atoms with Crippen molar-refractivity contribution >= 4 is 16.9 Å². The Kier molecular flexibility index (Phi) is 3.97. The fraction of sp³-hybridized carbons (Fsp3) is 0.471. The molecular weight excluding hydrogens is 266 g/mol. The Hall–Kier alpha value is -1.81. The highest BCUT2D eigenvalue weighted by molar-refractivity contribution is 5.91. The van der Waals surface area contributed by atoms with E-state index in [0.29, 0.717) is 11.6 Å². The molecule has 1 aromatic heterocycles. The molecule has 2 N–H and O–H groups in total. The van der Waals surface area contributed by atoms with E-state index >= 15 is 0 Å². The number of carboxylic acids is 1. The van der Waals surface area contributed by atoms with Gasteiger partial charge < -0.3 is 14.8 Å². The molecule has 1 heterocycles. The molecule has 0 spiro atoms. The van der Waals surface area contributed by atoms with Gasteiger partial charge in [0.1, 0.15) is 5.58 Å². The Balaban J connectivity index is 1.67. The van der Waals surface area contributed by atoms with E-state index in [4.69, 9.17) is 9.52 Å². The fourth-order valence-corrected chi connectivity index (χ4v) is 3.21. The first-order valence-electron chi connectivity index (χ1n) is 7.62. The van der Waals surface area contributed by atoms with Crippen LogP contribution in [-0.4, -0.2) is 17.1 Å². The minimum Gasteiger partial charge on any atom is -0.475 e. The molecule has 1 saturated carbocycles. The highest BCUT2D eigenvalue weighted by Gasteiger charge is 2.20. The second-order valence-electron chi connectivity index (χ2n) is 6.00. The Bertz CT molecular complexity index is 641. The molecule has 3 rings (SSSR count). The Morgan fingerprint density at radius 2 is 2.14 bits per heavy atom. The highest BCUT2D eigenvalue weighted by Crippen LogP contribution is 2.28. The van der Waals surface area contributed by atoms with Crippen LogP contribution >= 0.6 is 0 Å². The van der Waals surface area contributed by atoms with Crippen molar-refractivity contribution < 1.29 is 14.3 Å². The number of hydrogen-bond donors (Lipinski definition) is 2. The fourth-order valence-electron chi connectivity index (χ4n) is 3.21. The van der Waals surface area contributed by atoms with Gasteiger partial charge in [-0.25, -0.2) is 4.79 Å². The van der Waals surface area contributed by atoms with Gasteiger partial charge in [0.15, 0.2) is 0 Å². The molecule has 0 radical (unpaired) electrons. The van der Waals surface area contributed by atoms with Crippen LogP contribution in [0.25, 0.3) is 11.0 Å². The molecule has 1 aromatic carbocycles. The van der Waals surface area contributed by atoms with Crippen LogP contribution in [0.5, 0.6) is 0 Å². The molecular formula is C17H21NO3. The summed E-state index contributed by atoms with van der Waals surface area (Å²) in [6.07, 6.45) is 5.37. The smallest absolute Gasteiger partial charge is 0.371 e. The van der Waals surface area contributed by atoms with Crippen LogP contribution in [0.3, 0.4) is 0 Å². The second-order valence-corrected chi connectivity index (χ2v) is 6.00. The van der Waals surface area contributed by atoms with Crippen LogP contribution in [0.15, 0.2) is 28.7 Å². The van der Waals surface area contributed by atoms with Gasteiger partial charge in [0.05, 0.1) is 0 Å². The minimum atomic E-state index is -1.03. The number of benzene rings is 1. The summed E-state index contributed by atoms with van der Waals surface area (Å²) in [5.74, 6) is -0.239. The van der Waals surface area contributed by atoms with Crippen molar-refractivity contribution in [1.29, 1.82) is 0 Å². The average molecular weight is 287 g/mol. The monoisotopic (exact) mass is 287 g/mol. The van der Waals surface area contributed by atoms with Gasteiger partial charge in [-0.1, -0.05) is 18.9 Å². The molecule has 112 valence electrons. The van der Waals surface area contributed by atoms with Crippen molar-refractivity contribution in [3.8, 4) is 0 Å². The standard InChI is InChI=1S/C17H21NO3/c1-11(13-4-2-3-5-13)18-10-12-6-7-15-14(8-12)9-16(21-15)17(19)20/h6-9,11,13,18H,2-5,10H2,1H3,(H,19,20)/t11-/m0/s1. The first-order valence-corrected chi connectivity index (χ1v) is 7.62. The average Bonchev–Trinajstić information content (AvgIpc) is 3.13. The third-order valence-corrected chi connectivity index (χ3v) is 4.53. The van der Waals surface area contributed by atoms with Crippen LogP contribution < -0.4 is 5.32 Å². The number of furan rings is 1. The molecule has 4 nitrogen and oxygen atoms in total. The van der Waals surface area contributed by atoms with E-state index in [1.165, 1.54) is 25.7 Å². The normalized spacial score (nSPS) is 17.4. The number of rotatable bonds is 5. The maximum absolute atomic E-state index is 10.9. The van der Waals surface area contributed by atoms with Crippen molar-refractivity contribution in [2.45, 2.75) is 45.2 Å². The maximum atomic E-state index is 10.9. The molecule has 1 aliphatic carbocycles. The van der Waals surface area contributed by atoms with Gasteiger partial charge in [-0.3, -0.25) is 0 Å². The van der Waals surface area contributed by atoms with Crippen molar-refractivity contribution in [3.63, 3.8) is 0 Å². The number of nitrogens with one attached hydrogen (secondary N) is 1. The SMILES string of the molecule is C[C@H](NCc1ccc2oc(C(=O)O)cc2c1)C1CCCC1. The Morgan fingerprint density at radius 1 is 1.38 bits per heavy atom. The first-order chi connectivity index (χ1) is 10.1. The summed E-state index contributed by atoms with van der Waals surface area (Å²) in [5.41, 5.74) is 1.78. The van der Waals surface area contributed by atoms with Crippen LogP contribution in [0.2, 0.25) is 0 Å². The van der Waals surface area contributed by atoms with Gasteiger partial charge in [0.25, 0.3) is 0 Å². The summed E-state index contributed by atoms with van der Waals surface area (Å²) < 4.78 is 5.27. The molecule has 0 bridgehead atoms. The lowest BCUT2D eigenvalue weighted by Gasteiger charge is -2.20. The predicted molar refractivity (Wildman–Crippen MR) is 81.4 cm³/mol. The highest BCUT2D eigenvalue weighted by atomic mass is 16.4. The van der Waals surface area contributed by atoms with E-state index in [9.17, 15) is 4.79 Å². The number of fused-ring (bicyclic) bond motifs is 1. The molecule has 0 unspecified atom stereocenters. The number of hydrogen-bond acceptors (Lipinski definition) is 3. The second kappa shape index (κ2) is 5.90. The topological polar surface area (TPSA) is 62.5 Å². The zero-order valence-electron chi connectivity index (χ0n) is 12.3. The quantitative estimate of drug-likeness (QED) is 0.878. The lowest BCUT2D eigenvalue weighted by Crippen LogP contribution is -2.31. The van der Waals surface area contributed by atoms with Gasteiger partial charge in [0, 0.05) is 18.0 Å². The van der Waals surface area contributed by atoms with E-state index in [1.54, 1.807) is 6.07 Å². The molecule has 0 saturated heterocycles. The molecule has 1 fully saturated rings. The Morgan fingerprint density at radius 3 is 2.86 bits per heavy atom. The van der Waals surface area contributed by atoms with Crippen molar-refractivity contribution in [2.24, 2.45) is 5.92 Å². The predicted octanol–water partition coefficient (Wildman–Crippen LogP) is 3.80. The van der Waals surface area contributed by atoms with E-state index in [-0.39, 0.29) is 5.76 Å². The van der Waals surface area contributed by atoms with Crippen molar-refractivity contribution in [1.82, 2.24) is 5.32 Å². The lowest BCUT2D eigenvalue weighted by molar-refractivity contribution is 0.0665. The van der Waals surface area contributed by atoms with Crippen LogP contribution in [0, 0.1) is 5.92 Å². The minimum absolute atomic E-state index is 0.00515. The molecule has 2 aromatic rings.